The van der Waals surface area contributed by atoms with E-state index >= 15 is 0 Å². The molecule has 0 saturated carbocycles. The van der Waals surface area contributed by atoms with Gasteiger partial charge in [-0.2, -0.15) is 0 Å². The number of carbonyl (C=O) groups excluding carboxylic acids is 1. The van der Waals surface area contributed by atoms with Gasteiger partial charge in [0.2, 0.25) is 0 Å². The van der Waals surface area contributed by atoms with E-state index in [1.54, 1.807) is 19.9 Å². The lowest BCUT2D eigenvalue weighted by Gasteiger charge is -2.15. The highest BCUT2D eigenvalue weighted by atomic mass is 16.5. The maximum absolute atomic E-state index is 11.7. The van der Waals surface area contributed by atoms with Gasteiger partial charge in [0.05, 0.1) is 12.0 Å². The number of hydrogen-bond acceptors (Lipinski definition) is 5. The largest absolute Gasteiger partial charge is 0.504 e. The fourth-order valence-corrected chi connectivity index (χ4v) is 1.76. The van der Waals surface area contributed by atoms with Crippen molar-refractivity contribution in [3.8, 4) is 11.5 Å². The molecule has 1 aliphatic rings. The Hall–Kier alpha value is -2.04. The van der Waals surface area contributed by atoms with E-state index in [-0.39, 0.29) is 18.1 Å². The van der Waals surface area contributed by atoms with Crippen LogP contribution < -0.4 is 10.6 Å². The van der Waals surface area contributed by atoms with Crippen LogP contribution in [0.3, 0.4) is 0 Å². The maximum Gasteiger partial charge on any atom is 0.337 e. The van der Waals surface area contributed by atoms with E-state index in [9.17, 15) is 15.0 Å². The van der Waals surface area contributed by atoms with Gasteiger partial charge >= 0.3 is 5.97 Å². The number of phenolic OH excluding ortho intramolecular Hbond substituents is 2. The molecule has 1 heterocycles. The molecule has 0 aromatic heterocycles. The van der Waals surface area contributed by atoms with E-state index in [1.165, 1.54) is 12.1 Å². The summed E-state index contributed by atoms with van der Waals surface area (Å²) in [6, 6.07) is 2.70. The smallest absolute Gasteiger partial charge is 0.337 e. The average Bonchev–Trinajstić information content (AvgIpc) is 2.57. The topological polar surface area (TPSA) is 79.1 Å². The zero-order valence-electron chi connectivity index (χ0n) is 9.60. The standard InChI is InChI=1S/C12H13NO4/c1-3-17-11(16)12(2)6-7-4-9(14)10(15)5-8(7)13-12/h4-6,14-15H,3H2,1-2H3. The van der Waals surface area contributed by atoms with E-state index in [1.807, 2.05) is 0 Å². The molecule has 0 spiro atoms. The van der Waals surface area contributed by atoms with Crippen molar-refractivity contribution >= 4 is 12.0 Å². The molecule has 2 N–H and O–H groups in total. The van der Waals surface area contributed by atoms with E-state index < -0.39 is 11.5 Å². The lowest BCUT2D eigenvalue weighted by molar-refractivity contribution is -0.146. The number of hydrogen-bond donors (Lipinski definition) is 2. The van der Waals surface area contributed by atoms with Gasteiger partial charge in [-0.05, 0) is 26.0 Å². The van der Waals surface area contributed by atoms with Gasteiger partial charge < -0.3 is 14.9 Å². The molecule has 0 fully saturated rings. The number of ether oxygens (including phenoxy) is 1. The molecule has 0 amide bonds. The summed E-state index contributed by atoms with van der Waals surface area (Å²) in [7, 11) is 0. The third kappa shape index (κ3) is 1.84. The highest BCUT2D eigenvalue weighted by molar-refractivity contribution is 5.89. The molecule has 1 aromatic carbocycles. The first kappa shape index (κ1) is 11.4. The van der Waals surface area contributed by atoms with Crippen LogP contribution in [0.25, 0.3) is 6.08 Å². The number of fused-ring (bicyclic) bond motifs is 1. The monoisotopic (exact) mass is 235 g/mol. The molecule has 2 rings (SSSR count). The Morgan fingerprint density at radius 2 is 2.06 bits per heavy atom. The van der Waals surface area contributed by atoms with Gasteiger partial charge in [0.1, 0.15) is 0 Å². The van der Waals surface area contributed by atoms with Crippen LogP contribution >= 0.6 is 0 Å². The highest BCUT2D eigenvalue weighted by Crippen LogP contribution is 2.22. The molecule has 0 aliphatic carbocycles. The van der Waals surface area contributed by atoms with Crippen molar-refractivity contribution in [2.24, 2.45) is 4.99 Å². The van der Waals surface area contributed by atoms with Crippen LogP contribution in [0.2, 0.25) is 0 Å². The van der Waals surface area contributed by atoms with Crippen molar-refractivity contribution < 1.29 is 19.7 Å². The number of benzene rings is 1. The maximum atomic E-state index is 11.7. The van der Waals surface area contributed by atoms with Crippen molar-refractivity contribution in [1.82, 2.24) is 0 Å². The summed E-state index contributed by atoms with van der Waals surface area (Å²) >= 11 is 0. The zero-order chi connectivity index (χ0) is 12.6. The van der Waals surface area contributed by atoms with Gasteiger partial charge in [0.15, 0.2) is 17.0 Å². The van der Waals surface area contributed by atoms with Gasteiger partial charge in [-0.3, -0.25) is 4.99 Å². The van der Waals surface area contributed by atoms with Crippen molar-refractivity contribution in [3.63, 3.8) is 0 Å². The second kappa shape index (κ2) is 3.76. The molecule has 5 nitrogen and oxygen atoms in total. The SMILES string of the molecule is CCOC(=O)C1(C)C=c2cc(O)c(O)cc2=N1. The van der Waals surface area contributed by atoms with E-state index in [0.29, 0.717) is 10.6 Å². The van der Waals surface area contributed by atoms with Gasteiger partial charge in [-0.25, -0.2) is 4.79 Å². The summed E-state index contributed by atoms with van der Waals surface area (Å²) in [6.45, 7) is 3.63. The lowest BCUT2D eigenvalue weighted by atomic mass is 10.0. The van der Waals surface area contributed by atoms with Crippen molar-refractivity contribution in [2.45, 2.75) is 19.4 Å². The third-order valence-corrected chi connectivity index (χ3v) is 2.60. The molecule has 90 valence electrons. The first-order valence-corrected chi connectivity index (χ1v) is 5.28. The second-order valence-electron chi connectivity index (χ2n) is 4.02. The van der Waals surface area contributed by atoms with Crippen molar-refractivity contribution in [3.05, 3.63) is 22.7 Å². The number of phenols is 2. The van der Waals surface area contributed by atoms with Crippen molar-refractivity contribution in [1.29, 1.82) is 0 Å². The molecule has 0 radical (unpaired) electrons. The minimum atomic E-state index is -1.08. The number of rotatable bonds is 2. The van der Waals surface area contributed by atoms with Gasteiger partial charge in [0, 0.05) is 11.3 Å². The van der Waals surface area contributed by atoms with Crippen LogP contribution in [0, 0.1) is 0 Å². The Labute approximate surface area is 97.7 Å². The summed E-state index contributed by atoms with van der Waals surface area (Å²) in [5.74, 6) is -0.938. The van der Waals surface area contributed by atoms with Crippen LogP contribution in [0.4, 0.5) is 0 Å². The van der Waals surface area contributed by atoms with Crippen LogP contribution in [-0.2, 0) is 9.53 Å². The van der Waals surface area contributed by atoms with Crippen molar-refractivity contribution in [2.75, 3.05) is 6.61 Å². The minimum Gasteiger partial charge on any atom is -0.504 e. The third-order valence-electron chi connectivity index (χ3n) is 2.60. The Morgan fingerprint density at radius 3 is 2.71 bits per heavy atom. The predicted molar refractivity (Wildman–Crippen MR) is 60.1 cm³/mol. The normalized spacial score (nSPS) is 21.3. The summed E-state index contributed by atoms with van der Waals surface area (Å²) in [6.07, 6.45) is 1.61. The minimum absolute atomic E-state index is 0.233. The van der Waals surface area contributed by atoms with Crippen LogP contribution in [0.1, 0.15) is 13.8 Å². The molecule has 0 bridgehead atoms. The average molecular weight is 235 g/mol. The quantitative estimate of drug-likeness (QED) is 0.551. The summed E-state index contributed by atoms with van der Waals surface area (Å²) in [5.41, 5.74) is -1.08. The lowest BCUT2D eigenvalue weighted by Crippen LogP contribution is -2.31. The molecule has 1 unspecified atom stereocenters. The van der Waals surface area contributed by atoms with Crippen LogP contribution in [0.15, 0.2) is 17.1 Å². The number of aromatic hydroxyl groups is 2. The van der Waals surface area contributed by atoms with Crippen LogP contribution in [-0.4, -0.2) is 28.3 Å². The summed E-state index contributed by atoms with van der Waals surface area (Å²) < 4.78 is 4.93. The van der Waals surface area contributed by atoms with E-state index in [2.05, 4.69) is 4.99 Å². The zero-order valence-corrected chi connectivity index (χ0v) is 9.60. The molecular weight excluding hydrogens is 222 g/mol. The Balaban J connectivity index is 2.53. The Bertz CT molecular complexity index is 550. The van der Waals surface area contributed by atoms with E-state index in [4.69, 9.17) is 4.74 Å². The highest BCUT2D eigenvalue weighted by Gasteiger charge is 2.34. The molecule has 1 aliphatic heterocycles. The fraction of sp³-hybridized carbons (Fsp3) is 0.333. The molecule has 5 heteroatoms. The molecule has 17 heavy (non-hydrogen) atoms. The number of carbonyl (C=O) groups is 1. The summed E-state index contributed by atoms with van der Waals surface area (Å²) in [5, 5.41) is 19.8. The first-order valence-electron chi connectivity index (χ1n) is 5.28. The Morgan fingerprint density at radius 1 is 1.41 bits per heavy atom. The molecule has 0 saturated heterocycles. The van der Waals surface area contributed by atoms with Gasteiger partial charge in [-0.15, -0.1) is 0 Å². The second-order valence-corrected chi connectivity index (χ2v) is 4.02. The number of nitrogens with zero attached hydrogens (tertiary/aromatic N) is 1. The van der Waals surface area contributed by atoms with E-state index in [0.717, 1.165) is 0 Å². The van der Waals surface area contributed by atoms with Gasteiger partial charge in [-0.1, -0.05) is 0 Å². The molecule has 1 atom stereocenters. The summed E-state index contributed by atoms with van der Waals surface area (Å²) in [4.78, 5) is 15.9. The van der Waals surface area contributed by atoms with Gasteiger partial charge in [0.25, 0.3) is 0 Å². The van der Waals surface area contributed by atoms with Crippen LogP contribution in [0.5, 0.6) is 11.5 Å². The fourth-order valence-electron chi connectivity index (χ4n) is 1.76. The molecule has 1 aromatic rings. The predicted octanol–water partition coefficient (Wildman–Crippen LogP) is -0.167. The number of esters is 1. The first-order chi connectivity index (χ1) is 7.96. The Kier molecular flexibility index (Phi) is 2.53. The molecular formula is C12H13NO4.